The van der Waals surface area contributed by atoms with Crippen molar-refractivity contribution in [2.24, 2.45) is 0 Å². The number of para-hydroxylation sites is 1. The highest BCUT2D eigenvalue weighted by molar-refractivity contribution is 5.89. The average molecular weight is 435 g/mol. The third-order valence-corrected chi connectivity index (χ3v) is 5.11. The molecule has 0 fully saturated rings. The van der Waals surface area contributed by atoms with Crippen LogP contribution in [0.15, 0.2) is 48.7 Å². The predicted molar refractivity (Wildman–Crippen MR) is 118 cm³/mol. The molecular weight excluding hydrogens is 414 g/mol. The zero-order chi connectivity index (χ0) is 22.7. The maximum Gasteiger partial charge on any atom is 0.315 e. The summed E-state index contributed by atoms with van der Waals surface area (Å²) in [4.78, 5) is 45.6. The van der Waals surface area contributed by atoms with E-state index in [2.05, 4.69) is 30.9 Å². The summed E-state index contributed by atoms with van der Waals surface area (Å²) in [7, 11) is 1.51. The molecule has 11 heteroatoms. The van der Waals surface area contributed by atoms with E-state index < -0.39 is 17.0 Å². The van der Waals surface area contributed by atoms with Crippen molar-refractivity contribution >= 4 is 39.6 Å². The summed E-state index contributed by atoms with van der Waals surface area (Å²) < 4.78 is 0. The van der Waals surface area contributed by atoms with Gasteiger partial charge in [0.1, 0.15) is 11.9 Å². The molecule has 0 saturated heterocycles. The number of nitro groups is 1. The van der Waals surface area contributed by atoms with Crippen molar-refractivity contribution in [3.05, 3.63) is 70.2 Å². The number of fused-ring (bicyclic) bond motifs is 2. The molecule has 0 saturated carbocycles. The van der Waals surface area contributed by atoms with Gasteiger partial charge in [0.2, 0.25) is 5.91 Å². The van der Waals surface area contributed by atoms with Crippen molar-refractivity contribution in [2.45, 2.75) is 19.0 Å². The minimum absolute atomic E-state index is 0.0518. The number of nitrogens with one attached hydrogen (secondary N) is 5. The number of hydrogen-bond donors (Lipinski definition) is 5. The lowest BCUT2D eigenvalue weighted by Crippen LogP contribution is -2.50. The van der Waals surface area contributed by atoms with Gasteiger partial charge in [-0.25, -0.2) is 9.78 Å². The van der Waals surface area contributed by atoms with E-state index in [4.69, 9.17) is 0 Å². The summed E-state index contributed by atoms with van der Waals surface area (Å²) in [6.07, 6.45) is 2.14. The summed E-state index contributed by atoms with van der Waals surface area (Å²) in [5.41, 5.74) is 2.86. The zero-order valence-corrected chi connectivity index (χ0v) is 17.1. The standard InChI is InChI=1S/C21H21N7O4/c1-22-20(29)18(8-12-10-23-15-5-3-2-4-14(12)15)27-21(30)24-11-19-25-16-7-6-13(28(31)32)9-17(16)26-19/h2-7,9-10,18,23H,8,11H2,1H3,(H,22,29)(H,25,26)(H2,24,27,30)/t18-/m0/s1. The molecular formula is C21H21N7O4. The zero-order valence-electron chi connectivity index (χ0n) is 17.1. The minimum atomic E-state index is -0.780. The van der Waals surface area contributed by atoms with Gasteiger partial charge in [0.05, 0.1) is 22.5 Å². The first kappa shape index (κ1) is 20.8. The van der Waals surface area contributed by atoms with Crippen LogP contribution in [0.1, 0.15) is 11.4 Å². The van der Waals surface area contributed by atoms with Crippen LogP contribution in [0.5, 0.6) is 0 Å². The Morgan fingerprint density at radius 1 is 1.19 bits per heavy atom. The van der Waals surface area contributed by atoms with Gasteiger partial charge in [-0.1, -0.05) is 18.2 Å². The summed E-state index contributed by atoms with van der Waals surface area (Å²) in [5.74, 6) is 0.116. The van der Waals surface area contributed by atoms with Crippen LogP contribution in [0.3, 0.4) is 0 Å². The number of nitrogens with zero attached hydrogens (tertiary/aromatic N) is 2. The highest BCUT2D eigenvalue weighted by Gasteiger charge is 2.22. The van der Waals surface area contributed by atoms with Crippen molar-refractivity contribution in [1.29, 1.82) is 0 Å². The lowest BCUT2D eigenvalue weighted by molar-refractivity contribution is -0.384. The fourth-order valence-electron chi connectivity index (χ4n) is 3.52. The minimum Gasteiger partial charge on any atom is -0.361 e. The number of amides is 3. The molecule has 2 heterocycles. The number of carbonyl (C=O) groups excluding carboxylic acids is 2. The number of hydrogen-bond acceptors (Lipinski definition) is 5. The topological polar surface area (TPSA) is 158 Å². The van der Waals surface area contributed by atoms with Crippen LogP contribution >= 0.6 is 0 Å². The Morgan fingerprint density at radius 2 is 2.00 bits per heavy atom. The number of likely N-dealkylation sites (N-methyl/N-ethyl adjacent to an activating group) is 1. The highest BCUT2D eigenvalue weighted by Crippen LogP contribution is 2.20. The molecule has 3 amide bonds. The van der Waals surface area contributed by atoms with Crippen LogP contribution in [-0.4, -0.2) is 44.9 Å². The Kier molecular flexibility index (Phi) is 5.71. The second-order valence-corrected chi connectivity index (χ2v) is 7.20. The van der Waals surface area contributed by atoms with Crippen molar-refractivity contribution in [2.75, 3.05) is 7.05 Å². The fraction of sp³-hybridized carbons (Fsp3) is 0.190. The number of rotatable bonds is 7. The van der Waals surface area contributed by atoms with Crippen LogP contribution in [-0.2, 0) is 17.8 Å². The summed E-state index contributed by atoms with van der Waals surface area (Å²) in [5, 5.41) is 19.8. The molecule has 0 unspecified atom stereocenters. The van der Waals surface area contributed by atoms with Gasteiger partial charge >= 0.3 is 6.03 Å². The van der Waals surface area contributed by atoms with Gasteiger partial charge in [-0.15, -0.1) is 0 Å². The van der Waals surface area contributed by atoms with Crippen LogP contribution < -0.4 is 16.0 Å². The highest BCUT2D eigenvalue weighted by atomic mass is 16.6. The molecule has 0 aliphatic heterocycles. The molecule has 1 atom stereocenters. The van der Waals surface area contributed by atoms with E-state index in [-0.39, 0.29) is 18.1 Å². The normalized spacial score (nSPS) is 11.9. The van der Waals surface area contributed by atoms with Gasteiger partial charge < -0.3 is 25.9 Å². The third-order valence-electron chi connectivity index (χ3n) is 5.11. The Balaban J connectivity index is 1.42. The molecule has 5 N–H and O–H groups in total. The molecule has 4 rings (SSSR count). The first-order valence-corrected chi connectivity index (χ1v) is 9.88. The Bertz CT molecular complexity index is 1310. The van der Waals surface area contributed by atoms with Gasteiger partial charge in [-0.05, 0) is 17.7 Å². The van der Waals surface area contributed by atoms with E-state index in [0.29, 0.717) is 23.3 Å². The number of aromatic nitrogens is 3. The molecule has 4 aromatic rings. The SMILES string of the molecule is CNC(=O)[C@H](Cc1c[nH]c2ccccc12)NC(=O)NCc1nc2ccc([N+](=O)[O-])cc2[nH]1. The molecule has 0 spiro atoms. The summed E-state index contributed by atoms with van der Waals surface area (Å²) >= 11 is 0. The van der Waals surface area contributed by atoms with Crippen molar-refractivity contribution < 1.29 is 14.5 Å². The van der Waals surface area contributed by atoms with Crippen molar-refractivity contribution in [1.82, 2.24) is 30.9 Å². The molecule has 2 aromatic heterocycles. The van der Waals surface area contributed by atoms with Crippen molar-refractivity contribution in [3.63, 3.8) is 0 Å². The molecule has 0 bridgehead atoms. The average Bonchev–Trinajstić information content (AvgIpc) is 3.40. The molecule has 0 aliphatic carbocycles. The number of imidazole rings is 1. The van der Waals surface area contributed by atoms with Crippen LogP contribution in [0.4, 0.5) is 10.5 Å². The largest absolute Gasteiger partial charge is 0.361 e. The Labute approximate surface area is 181 Å². The van der Waals surface area contributed by atoms with Crippen LogP contribution in [0, 0.1) is 10.1 Å². The lowest BCUT2D eigenvalue weighted by Gasteiger charge is -2.17. The first-order chi connectivity index (χ1) is 15.4. The Hall–Kier alpha value is -4.41. The lowest BCUT2D eigenvalue weighted by atomic mass is 10.0. The van der Waals surface area contributed by atoms with Crippen molar-refractivity contribution in [3.8, 4) is 0 Å². The third kappa shape index (κ3) is 4.36. The molecule has 0 aliphatic rings. The second-order valence-electron chi connectivity index (χ2n) is 7.20. The number of H-pyrrole nitrogens is 2. The van der Waals surface area contributed by atoms with E-state index in [9.17, 15) is 19.7 Å². The van der Waals surface area contributed by atoms with Gasteiger partial charge in [-0.2, -0.15) is 0 Å². The van der Waals surface area contributed by atoms with Gasteiger partial charge in [0.25, 0.3) is 5.69 Å². The number of non-ortho nitro benzene ring substituents is 1. The van der Waals surface area contributed by atoms with E-state index in [1.165, 1.54) is 25.2 Å². The van der Waals surface area contributed by atoms with Crippen LogP contribution in [0.2, 0.25) is 0 Å². The molecule has 32 heavy (non-hydrogen) atoms. The van der Waals surface area contributed by atoms with Gasteiger partial charge in [-0.3, -0.25) is 14.9 Å². The van der Waals surface area contributed by atoms with Gasteiger partial charge in [0, 0.05) is 42.7 Å². The molecule has 2 aromatic carbocycles. The first-order valence-electron chi connectivity index (χ1n) is 9.88. The maximum absolute atomic E-state index is 12.5. The summed E-state index contributed by atoms with van der Waals surface area (Å²) in [6.45, 7) is 0.0574. The van der Waals surface area contributed by atoms with E-state index in [0.717, 1.165) is 16.5 Å². The fourth-order valence-corrected chi connectivity index (χ4v) is 3.52. The summed E-state index contributed by atoms with van der Waals surface area (Å²) in [6, 6.07) is 10.7. The number of carbonyl (C=O) groups is 2. The monoisotopic (exact) mass is 435 g/mol. The molecule has 0 radical (unpaired) electrons. The maximum atomic E-state index is 12.5. The molecule has 11 nitrogen and oxygen atoms in total. The Morgan fingerprint density at radius 3 is 2.78 bits per heavy atom. The smallest absolute Gasteiger partial charge is 0.315 e. The van der Waals surface area contributed by atoms with Gasteiger partial charge in [0.15, 0.2) is 0 Å². The quantitative estimate of drug-likeness (QED) is 0.222. The number of urea groups is 1. The predicted octanol–water partition coefficient (Wildman–Crippen LogP) is 2.11. The number of aromatic amines is 2. The second kappa shape index (κ2) is 8.76. The van der Waals surface area contributed by atoms with Crippen LogP contribution in [0.25, 0.3) is 21.9 Å². The van der Waals surface area contributed by atoms with E-state index in [1.54, 1.807) is 0 Å². The number of benzene rings is 2. The van der Waals surface area contributed by atoms with E-state index >= 15 is 0 Å². The molecule has 164 valence electrons. The number of nitro benzene ring substituents is 1. The van der Waals surface area contributed by atoms with E-state index in [1.807, 2.05) is 30.5 Å².